The van der Waals surface area contributed by atoms with Crippen molar-refractivity contribution in [1.82, 2.24) is 24.5 Å². The number of carbonyl (C=O) groups is 1. The van der Waals surface area contributed by atoms with E-state index in [0.717, 1.165) is 11.1 Å². The van der Waals surface area contributed by atoms with Crippen molar-refractivity contribution in [2.24, 2.45) is 0 Å². The fourth-order valence-electron chi connectivity index (χ4n) is 3.31. The molecule has 0 radical (unpaired) electrons. The van der Waals surface area contributed by atoms with Gasteiger partial charge >= 0.3 is 0 Å². The van der Waals surface area contributed by atoms with Crippen molar-refractivity contribution in [2.75, 3.05) is 7.05 Å². The summed E-state index contributed by atoms with van der Waals surface area (Å²) in [7, 11) is 1.79. The Morgan fingerprint density at radius 1 is 0.839 bits per heavy atom. The molecule has 0 aliphatic heterocycles. The maximum atomic E-state index is 12.5. The van der Waals surface area contributed by atoms with Gasteiger partial charge in [-0.25, -0.2) is 0 Å². The van der Waals surface area contributed by atoms with Crippen molar-refractivity contribution in [1.29, 1.82) is 0 Å². The summed E-state index contributed by atoms with van der Waals surface area (Å²) in [6.07, 6.45) is 10.9. The van der Waals surface area contributed by atoms with Gasteiger partial charge in [0.05, 0.1) is 25.5 Å². The van der Waals surface area contributed by atoms with E-state index in [9.17, 15) is 4.79 Å². The summed E-state index contributed by atoms with van der Waals surface area (Å²) in [5.74, 6) is -0.0633. The minimum absolute atomic E-state index is 0.0633. The van der Waals surface area contributed by atoms with Gasteiger partial charge in [-0.1, -0.05) is 60.7 Å². The Labute approximate surface area is 182 Å². The molecular weight excluding hydrogens is 386 g/mol. The zero-order valence-corrected chi connectivity index (χ0v) is 17.5. The van der Waals surface area contributed by atoms with Crippen LogP contribution < -0.4 is 0 Å². The maximum absolute atomic E-state index is 12.5. The summed E-state index contributed by atoms with van der Waals surface area (Å²) in [6, 6.07) is 20.3. The highest BCUT2D eigenvalue weighted by molar-refractivity contribution is 5.91. The van der Waals surface area contributed by atoms with E-state index in [1.54, 1.807) is 30.3 Å². The van der Waals surface area contributed by atoms with E-state index in [0.29, 0.717) is 19.6 Å². The summed E-state index contributed by atoms with van der Waals surface area (Å²) < 4.78 is 3.75. The number of hydrogen-bond donors (Lipinski definition) is 0. The monoisotopic (exact) mass is 411 g/mol. The number of hydrogen-bond acceptors (Lipinski definition) is 3. The average Bonchev–Trinajstić information content (AvgIpc) is 3.42. The summed E-state index contributed by atoms with van der Waals surface area (Å²) in [5, 5.41) is 8.77. The van der Waals surface area contributed by atoms with Crippen molar-refractivity contribution in [3.63, 3.8) is 0 Å². The Bertz CT molecular complexity index is 1140. The molecule has 0 bridgehead atoms. The third-order valence-electron chi connectivity index (χ3n) is 4.93. The van der Waals surface area contributed by atoms with Crippen molar-refractivity contribution in [2.45, 2.75) is 19.6 Å². The van der Waals surface area contributed by atoms with Crippen LogP contribution in [0.1, 0.15) is 22.3 Å². The lowest BCUT2D eigenvalue weighted by atomic mass is 10.2. The van der Waals surface area contributed by atoms with Gasteiger partial charge in [-0.2, -0.15) is 10.2 Å². The highest BCUT2D eigenvalue weighted by atomic mass is 16.2. The normalized spacial score (nSPS) is 11.1. The predicted molar refractivity (Wildman–Crippen MR) is 121 cm³/mol. The summed E-state index contributed by atoms with van der Waals surface area (Å²) in [5.41, 5.74) is 4.27. The molecule has 6 nitrogen and oxygen atoms in total. The predicted octanol–water partition coefficient (Wildman–Crippen LogP) is 3.85. The molecule has 0 saturated heterocycles. The van der Waals surface area contributed by atoms with Gasteiger partial charge < -0.3 is 4.90 Å². The number of benzene rings is 2. The van der Waals surface area contributed by atoms with Gasteiger partial charge in [-0.3, -0.25) is 14.2 Å². The van der Waals surface area contributed by atoms with Gasteiger partial charge in [-0.05, 0) is 17.2 Å². The van der Waals surface area contributed by atoms with Crippen molar-refractivity contribution in [3.8, 4) is 0 Å². The number of carbonyl (C=O) groups excluding carboxylic acids is 1. The molecule has 156 valence electrons. The molecule has 4 aromatic rings. The molecule has 0 aliphatic carbocycles. The van der Waals surface area contributed by atoms with Gasteiger partial charge in [0.2, 0.25) is 5.91 Å². The van der Waals surface area contributed by atoms with Crippen LogP contribution in [0.4, 0.5) is 0 Å². The highest BCUT2D eigenvalue weighted by Gasteiger charge is 2.08. The van der Waals surface area contributed by atoms with Crippen LogP contribution in [-0.4, -0.2) is 37.4 Å². The molecule has 0 N–H and O–H groups in total. The van der Waals surface area contributed by atoms with E-state index in [1.807, 2.05) is 64.4 Å². The fraction of sp³-hybridized carbons (Fsp3) is 0.160. The molecule has 0 fully saturated rings. The Balaban J connectivity index is 1.30. The molecular formula is C25H25N5O. The summed E-state index contributed by atoms with van der Waals surface area (Å²) >= 11 is 0. The molecule has 0 aliphatic rings. The molecule has 4 rings (SSSR count). The van der Waals surface area contributed by atoms with Crippen molar-refractivity contribution in [3.05, 3.63) is 114 Å². The number of rotatable bonds is 8. The summed E-state index contributed by atoms with van der Waals surface area (Å²) in [6.45, 7) is 1.92. The molecule has 2 heterocycles. The van der Waals surface area contributed by atoms with E-state index >= 15 is 0 Å². The van der Waals surface area contributed by atoms with Crippen LogP contribution in [0.5, 0.6) is 0 Å². The topological polar surface area (TPSA) is 56.0 Å². The van der Waals surface area contributed by atoms with E-state index in [2.05, 4.69) is 34.5 Å². The number of amides is 1. The highest BCUT2D eigenvalue weighted by Crippen LogP contribution is 2.08. The van der Waals surface area contributed by atoms with Crippen LogP contribution >= 0.6 is 0 Å². The van der Waals surface area contributed by atoms with E-state index in [4.69, 9.17) is 0 Å². The lowest BCUT2D eigenvalue weighted by Gasteiger charge is -2.13. The third kappa shape index (κ3) is 5.79. The van der Waals surface area contributed by atoms with Crippen molar-refractivity contribution >= 4 is 12.0 Å². The number of nitrogens with zero attached hydrogens (tertiary/aromatic N) is 5. The van der Waals surface area contributed by atoms with Gasteiger partial charge in [0.25, 0.3) is 0 Å². The van der Waals surface area contributed by atoms with Gasteiger partial charge in [0, 0.05) is 43.2 Å². The first-order chi connectivity index (χ1) is 15.2. The van der Waals surface area contributed by atoms with Crippen LogP contribution in [0.3, 0.4) is 0 Å². The van der Waals surface area contributed by atoms with E-state index in [1.165, 1.54) is 11.1 Å². The zero-order chi connectivity index (χ0) is 21.5. The van der Waals surface area contributed by atoms with Crippen LogP contribution in [0.2, 0.25) is 0 Å². The van der Waals surface area contributed by atoms with Gasteiger partial charge in [0.1, 0.15) is 0 Å². The smallest absolute Gasteiger partial charge is 0.246 e. The second-order valence-corrected chi connectivity index (χ2v) is 7.52. The lowest BCUT2D eigenvalue weighted by molar-refractivity contribution is -0.125. The van der Waals surface area contributed by atoms with Gasteiger partial charge in [-0.15, -0.1) is 0 Å². The van der Waals surface area contributed by atoms with Crippen LogP contribution in [-0.2, 0) is 24.4 Å². The SMILES string of the molecule is CN(Cc1cnn(Cc2ccccc2)c1)C(=O)C=Cc1cnn(Cc2ccccc2)c1. The molecule has 0 atom stereocenters. The molecule has 1 amide bonds. The Hall–Kier alpha value is -3.93. The Kier molecular flexibility index (Phi) is 6.38. The molecule has 31 heavy (non-hydrogen) atoms. The minimum Gasteiger partial charge on any atom is -0.338 e. The van der Waals surface area contributed by atoms with E-state index in [-0.39, 0.29) is 5.91 Å². The minimum atomic E-state index is -0.0633. The van der Waals surface area contributed by atoms with Crippen molar-refractivity contribution < 1.29 is 4.79 Å². The maximum Gasteiger partial charge on any atom is 0.246 e. The second kappa shape index (κ2) is 9.71. The molecule has 2 aromatic heterocycles. The summed E-state index contributed by atoms with van der Waals surface area (Å²) in [4.78, 5) is 14.2. The lowest BCUT2D eigenvalue weighted by Crippen LogP contribution is -2.23. The third-order valence-corrected chi connectivity index (χ3v) is 4.93. The molecule has 6 heteroatoms. The van der Waals surface area contributed by atoms with Crippen LogP contribution in [0, 0.1) is 0 Å². The average molecular weight is 412 g/mol. The first-order valence-corrected chi connectivity index (χ1v) is 10.2. The standard InChI is InChI=1S/C25H25N5O/c1-28(16-24-15-27-30(20-24)18-22-10-6-3-7-11-22)25(31)13-12-23-14-26-29(19-23)17-21-8-4-2-5-9-21/h2-15,19-20H,16-18H2,1H3. The van der Waals surface area contributed by atoms with Crippen LogP contribution in [0.25, 0.3) is 6.08 Å². The molecule has 0 saturated carbocycles. The zero-order valence-electron chi connectivity index (χ0n) is 17.5. The molecule has 0 spiro atoms. The number of likely N-dealkylation sites (N-methyl/N-ethyl adjacent to an activating group) is 1. The Morgan fingerprint density at radius 3 is 2.06 bits per heavy atom. The second-order valence-electron chi connectivity index (χ2n) is 7.52. The largest absolute Gasteiger partial charge is 0.338 e. The van der Waals surface area contributed by atoms with E-state index < -0.39 is 0 Å². The number of aromatic nitrogens is 4. The fourth-order valence-corrected chi connectivity index (χ4v) is 3.31. The van der Waals surface area contributed by atoms with Gasteiger partial charge in [0.15, 0.2) is 0 Å². The molecule has 2 aromatic carbocycles. The molecule has 0 unspecified atom stereocenters. The Morgan fingerprint density at radius 2 is 1.42 bits per heavy atom. The van der Waals surface area contributed by atoms with Crippen LogP contribution in [0.15, 0.2) is 91.5 Å². The first kappa shape index (κ1) is 20.3. The first-order valence-electron chi connectivity index (χ1n) is 10.2. The quantitative estimate of drug-likeness (QED) is 0.414.